The molecule has 0 aliphatic rings. The van der Waals surface area contributed by atoms with Crippen molar-refractivity contribution < 1.29 is 9.59 Å². The molecule has 0 fully saturated rings. The molecule has 0 unspecified atom stereocenters. The average Bonchev–Trinajstić information content (AvgIpc) is 2.57. The molecule has 0 spiro atoms. The first-order valence-corrected chi connectivity index (χ1v) is 8.62. The molecular formula is C18H17O2P. The first-order chi connectivity index (χ1) is 10.2. The monoisotopic (exact) mass is 296 g/mol. The van der Waals surface area contributed by atoms with Gasteiger partial charge in [-0.25, -0.2) is 0 Å². The van der Waals surface area contributed by atoms with Crippen molar-refractivity contribution in [3.05, 3.63) is 86.0 Å². The van der Waals surface area contributed by atoms with Gasteiger partial charge in [0.25, 0.3) is 0 Å². The van der Waals surface area contributed by atoms with Gasteiger partial charge < -0.3 is 0 Å². The minimum absolute atomic E-state index is 0.218. The number of allylic oxidation sites excluding steroid dienone is 2. The van der Waals surface area contributed by atoms with E-state index in [0.29, 0.717) is 0 Å². The summed E-state index contributed by atoms with van der Waals surface area (Å²) in [5, 5.41) is 1.51. The normalized spacial score (nSPS) is 11.4. The summed E-state index contributed by atoms with van der Waals surface area (Å²) >= 11 is 0. The molecule has 0 aliphatic carbocycles. The number of carbonyl (C=O) groups excluding carboxylic acids is 2. The second-order valence-corrected chi connectivity index (χ2v) is 8.26. The van der Waals surface area contributed by atoms with Crippen LogP contribution in [-0.4, -0.2) is 11.0 Å². The van der Waals surface area contributed by atoms with Gasteiger partial charge in [-0.05, 0) is 0 Å². The van der Waals surface area contributed by atoms with E-state index in [1.54, 1.807) is 0 Å². The fraction of sp³-hybridized carbons (Fsp3) is 0. The van der Waals surface area contributed by atoms with Gasteiger partial charge in [-0.3, -0.25) is 0 Å². The van der Waals surface area contributed by atoms with E-state index in [2.05, 4.69) is 13.2 Å². The van der Waals surface area contributed by atoms with Crippen LogP contribution in [0, 0.1) is 0 Å². The van der Waals surface area contributed by atoms with Gasteiger partial charge in [0.15, 0.2) is 0 Å². The molecule has 106 valence electrons. The Balaban J connectivity index is 2.85. The van der Waals surface area contributed by atoms with Crippen molar-refractivity contribution >= 4 is 28.9 Å². The Morgan fingerprint density at radius 2 is 1.05 bits per heavy atom. The van der Waals surface area contributed by atoms with E-state index in [0.717, 1.165) is 10.6 Å². The molecule has 0 saturated heterocycles. The van der Waals surface area contributed by atoms with Crippen LogP contribution in [0.25, 0.3) is 0 Å². The summed E-state index contributed by atoms with van der Waals surface area (Å²) in [6, 6.07) is 18.4. The maximum atomic E-state index is 12.7. The molecule has 0 aliphatic heterocycles. The van der Waals surface area contributed by atoms with Crippen molar-refractivity contribution in [3.63, 3.8) is 0 Å². The zero-order chi connectivity index (χ0) is 15.3. The Hall–Kier alpha value is -2.31. The van der Waals surface area contributed by atoms with Crippen LogP contribution in [0.3, 0.4) is 0 Å². The van der Waals surface area contributed by atoms with E-state index in [4.69, 9.17) is 0 Å². The van der Waals surface area contributed by atoms with Crippen molar-refractivity contribution in [1.29, 1.82) is 0 Å². The zero-order valence-corrected chi connectivity index (χ0v) is 12.7. The summed E-state index contributed by atoms with van der Waals surface area (Å²) < 4.78 is 0. The minimum atomic E-state index is -3.27. The van der Waals surface area contributed by atoms with Gasteiger partial charge in [0, 0.05) is 0 Å². The molecule has 2 aromatic carbocycles. The fourth-order valence-electron chi connectivity index (χ4n) is 2.54. The van der Waals surface area contributed by atoms with E-state index in [1.165, 1.54) is 12.2 Å². The SMILES string of the molecule is C=CC(=O)[PH](C(=O)C=C)(c1ccccc1)c1ccccc1. The Kier molecular flexibility index (Phi) is 4.62. The predicted molar refractivity (Wildman–Crippen MR) is 90.9 cm³/mol. The van der Waals surface area contributed by atoms with Crippen LogP contribution in [0.4, 0.5) is 0 Å². The number of carbonyl (C=O) groups is 2. The molecule has 0 amide bonds. The van der Waals surface area contributed by atoms with E-state index in [1.807, 2.05) is 60.7 Å². The molecule has 2 nitrogen and oxygen atoms in total. The average molecular weight is 296 g/mol. The van der Waals surface area contributed by atoms with Gasteiger partial charge in [-0.2, -0.15) is 0 Å². The van der Waals surface area contributed by atoms with Gasteiger partial charge in [0.2, 0.25) is 0 Å². The summed E-state index contributed by atoms with van der Waals surface area (Å²) in [5.41, 5.74) is -0.436. The topological polar surface area (TPSA) is 34.1 Å². The molecule has 0 radical (unpaired) electrons. The molecule has 3 heteroatoms. The Morgan fingerprint density at radius 3 is 1.33 bits per heavy atom. The second kappa shape index (κ2) is 6.43. The summed E-state index contributed by atoms with van der Waals surface area (Å²) in [6.07, 6.45) is 2.52. The number of hydrogen-bond donors (Lipinski definition) is 0. The van der Waals surface area contributed by atoms with Gasteiger partial charge in [0.1, 0.15) is 0 Å². The maximum absolute atomic E-state index is 12.7. The second-order valence-electron chi connectivity index (χ2n) is 4.62. The molecule has 21 heavy (non-hydrogen) atoms. The molecule has 0 aromatic heterocycles. The first-order valence-electron chi connectivity index (χ1n) is 6.62. The molecule has 0 atom stereocenters. The van der Waals surface area contributed by atoms with Crippen molar-refractivity contribution in [1.82, 2.24) is 0 Å². The third kappa shape index (κ3) is 2.51. The van der Waals surface area contributed by atoms with E-state index in [-0.39, 0.29) is 11.0 Å². The number of rotatable bonds is 6. The van der Waals surface area contributed by atoms with Gasteiger partial charge in [0.05, 0.1) is 0 Å². The molecule has 0 bridgehead atoms. The third-order valence-electron chi connectivity index (χ3n) is 3.52. The van der Waals surface area contributed by atoms with Crippen LogP contribution in [0.15, 0.2) is 86.0 Å². The van der Waals surface area contributed by atoms with Crippen LogP contribution < -0.4 is 10.6 Å². The molecule has 2 aromatic rings. The van der Waals surface area contributed by atoms with Crippen LogP contribution in [0.1, 0.15) is 0 Å². The summed E-state index contributed by atoms with van der Waals surface area (Å²) in [6.45, 7) is 7.19. The molecule has 2 rings (SSSR count). The van der Waals surface area contributed by atoms with Crippen LogP contribution in [0.5, 0.6) is 0 Å². The number of benzene rings is 2. The first kappa shape index (κ1) is 15.1. The Labute approximate surface area is 125 Å². The Morgan fingerprint density at radius 1 is 0.714 bits per heavy atom. The van der Waals surface area contributed by atoms with Crippen molar-refractivity contribution in [3.8, 4) is 0 Å². The van der Waals surface area contributed by atoms with Crippen LogP contribution in [0.2, 0.25) is 0 Å². The Bertz CT molecular complexity index is 613. The van der Waals surface area contributed by atoms with E-state index >= 15 is 0 Å². The van der Waals surface area contributed by atoms with E-state index < -0.39 is 7.26 Å². The van der Waals surface area contributed by atoms with E-state index in [9.17, 15) is 9.59 Å². The van der Waals surface area contributed by atoms with Crippen LogP contribution in [-0.2, 0) is 9.59 Å². The van der Waals surface area contributed by atoms with Gasteiger partial charge in [-0.1, -0.05) is 0 Å². The molecular weight excluding hydrogens is 279 g/mol. The third-order valence-corrected chi connectivity index (χ3v) is 7.81. The van der Waals surface area contributed by atoms with Crippen molar-refractivity contribution in [2.24, 2.45) is 0 Å². The van der Waals surface area contributed by atoms with Gasteiger partial charge in [-0.15, -0.1) is 0 Å². The number of hydrogen-bond acceptors (Lipinski definition) is 2. The standard InChI is InChI=1S/C18H17O2P/c1-3-17(19)21(18(20)4-2,15-11-7-5-8-12-15)16-13-9-6-10-14-16/h3-14,21H,1-2H2. The molecule has 0 heterocycles. The predicted octanol–water partition coefficient (Wildman–Crippen LogP) is 2.81. The van der Waals surface area contributed by atoms with Crippen LogP contribution >= 0.6 is 7.26 Å². The summed E-state index contributed by atoms with van der Waals surface area (Å²) in [7, 11) is -3.27. The zero-order valence-electron chi connectivity index (χ0n) is 11.7. The van der Waals surface area contributed by atoms with Crippen molar-refractivity contribution in [2.75, 3.05) is 0 Å². The summed E-state index contributed by atoms with van der Waals surface area (Å²) in [5.74, 6) is 0. The van der Waals surface area contributed by atoms with Gasteiger partial charge >= 0.3 is 124 Å². The fourth-order valence-corrected chi connectivity index (χ4v) is 6.25. The molecule has 0 N–H and O–H groups in total. The molecule has 0 saturated carbocycles. The quantitative estimate of drug-likeness (QED) is 0.607. The summed E-state index contributed by atoms with van der Waals surface area (Å²) in [4.78, 5) is 25.4. The van der Waals surface area contributed by atoms with Crippen molar-refractivity contribution in [2.45, 2.75) is 0 Å².